The summed E-state index contributed by atoms with van der Waals surface area (Å²) in [5.74, 6) is 0.981. The third-order valence-electron chi connectivity index (χ3n) is 4.42. The van der Waals surface area contributed by atoms with Gasteiger partial charge in [0.2, 0.25) is 5.95 Å². The van der Waals surface area contributed by atoms with E-state index in [9.17, 15) is 0 Å². The molecule has 0 saturated heterocycles. The Labute approximate surface area is 126 Å². The summed E-state index contributed by atoms with van der Waals surface area (Å²) in [5.41, 5.74) is 2.43. The minimum atomic E-state index is 0.609. The van der Waals surface area contributed by atoms with Crippen molar-refractivity contribution in [2.24, 2.45) is 0 Å². The fourth-order valence-corrected chi connectivity index (χ4v) is 3.22. The van der Waals surface area contributed by atoms with Gasteiger partial charge in [0.25, 0.3) is 0 Å². The van der Waals surface area contributed by atoms with Gasteiger partial charge < -0.3 is 9.88 Å². The van der Waals surface area contributed by atoms with E-state index in [1.165, 1.54) is 37.7 Å². The lowest BCUT2D eigenvalue weighted by molar-refractivity contribution is 0.356. The summed E-state index contributed by atoms with van der Waals surface area (Å²) in [5, 5.41) is 3.47. The van der Waals surface area contributed by atoms with E-state index < -0.39 is 0 Å². The fraction of sp³-hybridized carbons (Fsp3) is 0.529. The van der Waals surface area contributed by atoms with Crippen molar-refractivity contribution in [2.75, 3.05) is 5.32 Å². The average molecular weight is 284 g/mol. The monoisotopic (exact) mass is 284 g/mol. The lowest BCUT2D eigenvalue weighted by atomic mass is 9.95. The van der Waals surface area contributed by atoms with Crippen molar-refractivity contribution < 1.29 is 0 Å². The quantitative estimate of drug-likeness (QED) is 0.903. The lowest BCUT2D eigenvalue weighted by Crippen LogP contribution is -2.16. The Morgan fingerprint density at radius 2 is 2.05 bits per heavy atom. The maximum Gasteiger partial charge on any atom is 0.203 e. The molecule has 4 nitrogen and oxygen atoms in total. The van der Waals surface area contributed by atoms with Gasteiger partial charge in [-0.1, -0.05) is 32.3 Å². The van der Waals surface area contributed by atoms with E-state index in [2.05, 4.69) is 39.0 Å². The number of pyridine rings is 1. The first-order valence-electron chi connectivity index (χ1n) is 8.08. The van der Waals surface area contributed by atoms with Gasteiger partial charge in [-0.2, -0.15) is 0 Å². The van der Waals surface area contributed by atoms with E-state index >= 15 is 0 Å². The third kappa shape index (κ3) is 3.26. The highest BCUT2D eigenvalue weighted by molar-refractivity contribution is 5.30. The van der Waals surface area contributed by atoms with Crippen LogP contribution >= 0.6 is 0 Å². The van der Waals surface area contributed by atoms with Gasteiger partial charge in [-0.15, -0.1) is 0 Å². The van der Waals surface area contributed by atoms with E-state index in [4.69, 9.17) is 0 Å². The zero-order valence-corrected chi connectivity index (χ0v) is 12.8. The van der Waals surface area contributed by atoms with E-state index in [0.29, 0.717) is 6.04 Å². The SMILES string of the molecule is CCc1cccnc1CNc1nccn1C1CCCCC1. The molecule has 1 aliphatic rings. The molecule has 21 heavy (non-hydrogen) atoms. The molecule has 1 aliphatic carbocycles. The molecule has 0 aliphatic heterocycles. The van der Waals surface area contributed by atoms with E-state index in [1.807, 2.05) is 18.5 Å². The molecule has 1 N–H and O–H groups in total. The van der Waals surface area contributed by atoms with Crippen molar-refractivity contribution in [1.82, 2.24) is 14.5 Å². The van der Waals surface area contributed by atoms with Gasteiger partial charge in [0, 0.05) is 24.6 Å². The number of hydrogen-bond acceptors (Lipinski definition) is 3. The van der Waals surface area contributed by atoms with Crippen molar-refractivity contribution in [3.8, 4) is 0 Å². The van der Waals surface area contributed by atoms with Crippen LogP contribution in [0, 0.1) is 0 Å². The van der Waals surface area contributed by atoms with Crippen LogP contribution in [0.1, 0.15) is 56.3 Å². The van der Waals surface area contributed by atoms with E-state index in [1.54, 1.807) is 0 Å². The van der Waals surface area contributed by atoms with Crippen molar-refractivity contribution in [1.29, 1.82) is 0 Å². The van der Waals surface area contributed by atoms with Crippen LogP contribution in [0.25, 0.3) is 0 Å². The first-order chi connectivity index (χ1) is 10.4. The number of rotatable bonds is 5. The Bertz CT molecular complexity index is 570. The summed E-state index contributed by atoms with van der Waals surface area (Å²) < 4.78 is 2.31. The lowest BCUT2D eigenvalue weighted by Gasteiger charge is -2.24. The molecule has 0 amide bonds. The molecular weight excluding hydrogens is 260 g/mol. The van der Waals surface area contributed by atoms with Gasteiger partial charge in [0.15, 0.2) is 0 Å². The number of anilines is 1. The van der Waals surface area contributed by atoms with E-state index in [0.717, 1.165) is 24.6 Å². The van der Waals surface area contributed by atoms with Gasteiger partial charge >= 0.3 is 0 Å². The van der Waals surface area contributed by atoms with Gasteiger partial charge in [-0.25, -0.2) is 4.98 Å². The molecule has 1 saturated carbocycles. The number of nitrogens with one attached hydrogen (secondary N) is 1. The standard InChI is InChI=1S/C17H24N4/c1-2-14-7-6-10-18-16(14)13-20-17-19-11-12-21(17)15-8-4-3-5-9-15/h6-7,10-12,15H,2-5,8-9,13H2,1H3,(H,19,20). The highest BCUT2D eigenvalue weighted by Crippen LogP contribution is 2.30. The summed E-state index contributed by atoms with van der Waals surface area (Å²) in [6, 6.07) is 4.77. The number of hydrogen-bond donors (Lipinski definition) is 1. The molecule has 2 heterocycles. The first-order valence-corrected chi connectivity index (χ1v) is 8.08. The molecular formula is C17H24N4. The van der Waals surface area contributed by atoms with Crippen LogP contribution in [0.4, 0.5) is 5.95 Å². The van der Waals surface area contributed by atoms with Gasteiger partial charge in [-0.05, 0) is 30.9 Å². The number of aryl methyl sites for hydroxylation is 1. The second kappa shape index (κ2) is 6.74. The molecule has 0 bridgehead atoms. The van der Waals surface area contributed by atoms with Gasteiger partial charge in [0.1, 0.15) is 0 Å². The molecule has 112 valence electrons. The maximum absolute atomic E-state index is 4.49. The Hall–Kier alpha value is -1.84. The molecule has 0 aromatic carbocycles. The molecule has 0 atom stereocenters. The van der Waals surface area contributed by atoms with Crippen LogP contribution in [-0.4, -0.2) is 14.5 Å². The average Bonchev–Trinajstić information content (AvgIpc) is 3.02. The zero-order valence-electron chi connectivity index (χ0n) is 12.8. The molecule has 4 heteroatoms. The topological polar surface area (TPSA) is 42.7 Å². The van der Waals surface area contributed by atoms with Crippen LogP contribution in [0.15, 0.2) is 30.7 Å². The van der Waals surface area contributed by atoms with Gasteiger partial charge in [-0.3, -0.25) is 4.98 Å². The molecule has 3 rings (SSSR count). The van der Waals surface area contributed by atoms with Gasteiger partial charge in [0.05, 0.1) is 12.2 Å². The second-order valence-electron chi connectivity index (χ2n) is 5.77. The van der Waals surface area contributed by atoms with Crippen LogP contribution < -0.4 is 5.32 Å². The number of nitrogens with zero attached hydrogens (tertiary/aromatic N) is 3. The summed E-state index contributed by atoms with van der Waals surface area (Å²) in [4.78, 5) is 8.98. The predicted molar refractivity (Wildman–Crippen MR) is 85.3 cm³/mol. The Morgan fingerprint density at radius 3 is 2.86 bits per heavy atom. The Kier molecular flexibility index (Phi) is 4.53. The highest BCUT2D eigenvalue weighted by atomic mass is 15.2. The number of aromatic nitrogens is 3. The summed E-state index contributed by atoms with van der Waals surface area (Å²) in [7, 11) is 0. The molecule has 2 aromatic heterocycles. The van der Waals surface area contributed by atoms with Crippen LogP contribution in [0.5, 0.6) is 0 Å². The second-order valence-corrected chi connectivity index (χ2v) is 5.77. The highest BCUT2D eigenvalue weighted by Gasteiger charge is 2.17. The van der Waals surface area contributed by atoms with Crippen molar-refractivity contribution in [3.63, 3.8) is 0 Å². The van der Waals surface area contributed by atoms with Crippen LogP contribution in [0.2, 0.25) is 0 Å². The minimum absolute atomic E-state index is 0.609. The minimum Gasteiger partial charge on any atom is -0.350 e. The van der Waals surface area contributed by atoms with Crippen LogP contribution in [0.3, 0.4) is 0 Å². The predicted octanol–water partition coefficient (Wildman–Crippen LogP) is 3.96. The largest absolute Gasteiger partial charge is 0.350 e. The van der Waals surface area contributed by atoms with E-state index in [-0.39, 0.29) is 0 Å². The summed E-state index contributed by atoms with van der Waals surface area (Å²) >= 11 is 0. The van der Waals surface area contributed by atoms with Crippen molar-refractivity contribution in [2.45, 2.75) is 58.0 Å². The molecule has 0 radical (unpaired) electrons. The molecule has 1 fully saturated rings. The normalized spacial score (nSPS) is 16.0. The van der Waals surface area contributed by atoms with Crippen LogP contribution in [-0.2, 0) is 13.0 Å². The maximum atomic E-state index is 4.49. The Balaban J connectivity index is 1.69. The van der Waals surface area contributed by atoms with Crippen molar-refractivity contribution in [3.05, 3.63) is 42.0 Å². The molecule has 2 aromatic rings. The first kappa shape index (κ1) is 14.1. The Morgan fingerprint density at radius 1 is 1.19 bits per heavy atom. The zero-order chi connectivity index (χ0) is 14.5. The van der Waals surface area contributed by atoms with Crippen molar-refractivity contribution >= 4 is 5.95 Å². The smallest absolute Gasteiger partial charge is 0.203 e. The summed E-state index contributed by atoms with van der Waals surface area (Å²) in [6.07, 6.45) is 13.5. The fourth-order valence-electron chi connectivity index (χ4n) is 3.22. The summed E-state index contributed by atoms with van der Waals surface area (Å²) in [6.45, 7) is 2.91. The third-order valence-corrected chi connectivity index (χ3v) is 4.42. The number of imidazole rings is 1. The molecule has 0 spiro atoms. The molecule has 0 unspecified atom stereocenters.